The van der Waals surface area contributed by atoms with E-state index in [1.54, 1.807) is 12.1 Å². The zero-order chi connectivity index (χ0) is 15.4. The summed E-state index contributed by atoms with van der Waals surface area (Å²) in [6.45, 7) is 0. The number of nitriles is 1. The van der Waals surface area contributed by atoms with Gasteiger partial charge >= 0.3 is 0 Å². The molecule has 2 rings (SSSR count). The van der Waals surface area contributed by atoms with E-state index in [2.05, 4.69) is 10.7 Å². The molecule has 0 aromatic heterocycles. The van der Waals surface area contributed by atoms with E-state index in [1.165, 1.54) is 24.3 Å². The van der Waals surface area contributed by atoms with Crippen LogP contribution in [0.2, 0.25) is 0 Å². The van der Waals surface area contributed by atoms with Crippen molar-refractivity contribution in [1.82, 2.24) is 0 Å². The highest BCUT2D eigenvalue weighted by Gasteiger charge is 2.10. The summed E-state index contributed by atoms with van der Waals surface area (Å²) in [7, 11) is 0. The Labute approximate surface area is 118 Å². The number of nitro groups is 1. The molecular formula is C13H10FN5O2. The van der Waals surface area contributed by atoms with Gasteiger partial charge in [0.2, 0.25) is 0 Å². The summed E-state index contributed by atoms with van der Waals surface area (Å²) >= 11 is 0. The van der Waals surface area contributed by atoms with E-state index in [4.69, 9.17) is 11.1 Å². The minimum atomic E-state index is -0.633. The first-order chi connectivity index (χ1) is 10.0. The van der Waals surface area contributed by atoms with Gasteiger partial charge in [0.25, 0.3) is 5.69 Å². The number of benzene rings is 2. The zero-order valence-electron chi connectivity index (χ0n) is 10.6. The number of hydrazine groups is 1. The Bertz CT molecular complexity index is 742. The van der Waals surface area contributed by atoms with Gasteiger partial charge < -0.3 is 10.7 Å². The Morgan fingerprint density at radius 1 is 1.19 bits per heavy atom. The van der Waals surface area contributed by atoms with E-state index in [0.29, 0.717) is 17.1 Å². The molecule has 0 radical (unpaired) electrons. The fourth-order valence-corrected chi connectivity index (χ4v) is 1.73. The van der Waals surface area contributed by atoms with Crippen LogP contribution in [0.1, 0.15) is 5.56 Å². The van der Waals surface area contributed by atoms with E-state index in [1.807, 2.05) is 0 Å². The Kier molecular flexibility index (Phi) is 3.97. The molecule has 0 fully saturated rings. The summed E-state index contributed by atoms with van der Waals surface area (Å²) < 4.78 is 13.2. The topological polar surface area (TPSA) is 117 Å². The van der Waals surface area contributed by atoms with Gasteiger partial charge in [-0.05, 0) is 24.3 Å². The van der Waals surface area contributed by atoms with Crippen LogP contribution >= 0.6 is 0 Å². The van der Waals surface area contributed by atoms with Crippen molar-refractivity contribution >= 4 is 22.7 Å². The van der Waals surface area contributed by atoms with Crippen LogP contribution < -0.4 is 16.6 Å². The minimum absolute atomic E-state index is 0.123. The number of nitrogens with two attached hydrogens (primary N) is 1. The summed E-state index contributed by atoms with van der Waals surface area (Å²) in [4.78, 5) is 10.3. The van der Waals surface area contributed by atoms with Crippen molar-refractivity contribution in [3.8, 4) is 6.07 Å². The van der Waals surface area contributed by atoms with Crippen LogP contribution in [0.15, 0.2) is 36.4 Å². The lowest BCUT2D eigenvalue weighted by atomic mass is 10.2. The van der Waals surface area contributed by atoms with Gasteiger partial charge in [-0.1, -0.05) is 0 Å². The number of nitrogen functional groups attached to an aromatic ring is 1. The van der Waals surface area contributed by atoms with Crippen LogP contribution in [0.4, 0.5) is 27.1 Å². The van der Waals surface area contributed by atoms with Crippen LogP contribution in [-0.2, 0) is 0 Å². The fraction of sp³-hybridized carbons (Fsp3) is 0. The van der Waals surface area contributed by atoms with Crippen molar-refractivity contribution in [1.29, 1.82) is 5.26 Å². The third-order valence-electron chi connectivity index (χ3n) is 2.67. The molecule has 0 aliphatic carbocycles. The highest BCUT2D eigenvalue weighted by Crippen LogP contribution is 2.27. The molecule has 0 aliphatic heterocycles. The average Bonchev–Trinajstić information content (AvgIpc) is 2.48. The second-order valence-corrected chi connectivity index (χ2v) is 4.10. The molecule has 0 unspecified atom stereocenters. The number of nitrogens with one attached hydrogen (secondary N) is 2. The maximum atomic E-state index is 13.2. The highest BCUT2D eigenvalue weighted by molar-refractivity contribution is 5.69. The Balaban J connectivity index is 2.37. The van der Waals surface area contributed by atoms with Gasteiger partial charge in [0, 0.05) is 23.5 Å². The van der Waals surface area contributed by atoms with E-state index in [0.717, 1.165) is 6.07 Å². The summed E-state index contributed by atoms with van der Waals surface area (Å²) in [6.07, 6.45) is 0. The molecule has 106 valence electrons. The molecule has 7 nitrogen and oxygen atoms in total. The maximum Gasteiger partial charge on any atom is 0.273 e. The first-order valence-corrected chi connectivity index (χ1v) is 5.76. The zero-order valence-corrected chi connectivity index (χ0v) is 10.6. The van der Waals surface area contributed by atoms with Crippen LogP contribution in [-0.4, -0.2) is 4.92 Å². The van der Waals surface area contributed by atoms with E-state index in [9.17, 15) is 14.5 Å². The van der Waals surface area contributed by atoms with Crippen molar-refractivity contribution in [3.63, 3.8) is 0 Å². The molecule has 0 bridgehead atoms. The minimum Gasteiger partial charge on any atom is -0.355 e. The predicted octanol–water partition coefficient (Wildman–Crippen LogP) is 2.63. The number of anilines is 3. The second-order valence-electron chi connectivity index (χ2n) is 4.10. The number of non-ortho nitro benzene ring substituents is 1. The molecule has 8 heteroatoms. The average molecular weight is 287 g/mol. The van der Waals surface area contributed by atoms with Crippen LogP contribution in [0.3, 0.4) is 0 Å². The lowest BCUT2D eigenvalue weighted by Crippen LogP contribution is -2.07. The molecule has 21 heavy (non-hydrogen) atoms. The van der Waals surface area contributed by atoms with E-state index < -0.39 is 10.7 Å². The van der Waals surface area contributed by atoms with Crippen LogP contribution in [0, 0.1) is 27.3 Å². The number of hydrogen-bond donors (Lipinski definition) is 3. The number of rotatable bonds is 4. The maximum absolute atomic E-state index is 13.2. The smallest absolute Gasteiger partial charge is 0.273 e. The van der Waals surface area contributed by atoms with Gasteiger partial charge in [-0.3, -0.25) is 16.0 Å². The molecule has 0 heterocycles. The number of nitro benzene ring substituents is 1. The molecule has 0 amide bonds. The lowest BCUT2D eigenvalue weighted by molar-refractivity contribution is -0.384. The van der Waals surface area contributed by atoms with Gasteiger partial charge in [0.15, 0.2) is 0 Å². The van der Waals surface area contributed by atoms with Crippen molar-refractivity contribution in [2.24, 2.45) is 5.84 Å². The quantitative estimate of drug-likeness (QED) is 0.452. The fourth-order valence-electron chi connectivity index (χ4n) is 1.73. The number of halogens is 1. The molecule has 0 aliphatic rings. The SMILES string of the molecule is N#Cc1cc(Nc2cc(NN)cc([N+](=O)[O-])c2)ccc1F. The van der Waals surface area contributed by atoms with Gasteiger partial charge in [0.05, 0.1) is 16.2 Å². The molecule has 2 aromatic rings. The van der Waals surface area contributed by atoms with Gasteiger partial charge in [-0.2, -0.15) is 5.26 Å². The Morgan fingerprint density at radius 2 is 1.90 bits per heavy atom. The molecule has 0 spiro atoms. The Hall–Kier alpha value is -3.18. The predicted molar refractivity (Wildman–Crippen MR) is 75.3 cm³/mol. The molecule has 0 atom stereocenters. The Morgan fingerprint density at radius 3 is 2.52 bits per heavy atom. The van der Waals surface area contributed by atoms with Gasteiger partial charge in [-0.15, -0.1) is 0 Å². The second kappa shape index (κ2) is 5.85. The van der Waals surface area contributed by atoms with Crippen molar-refractivity contribution < 1.29 is 9.31 Å². The first kappa shape index (κ1) is 14.2. The third kappa shape index (κ3) is 3.23. The van der Waals surface area contributed by atoms with Crippen molar-refractivity contribution in [2.45, 2.75) is 0 Å². The molecule has 4 N–H and O–H groups in total. The molecule has 0 saturated carbocycles. The molecule has 2 aromatic carbocycles. The normalized spacial score (nSPS) is 9.76. The third-order valence-corrected chi connectivity index (χ3v) is 2.67. The van der Waals surface area contributed by atoms with Gasteiger partial charge in [0.1, 0.15) is 11.9 Å². The van der Waals surface area contributed by atoms with E-state index >= 15 is 0 Å². The van der Waals surface area contributed by atoms with Crippen molar-refractivity contribution in [2.75, 3.05) is 10.7 Å². The van der Waals surface area contributed by atoms with Crippen LogP contribution in [0.5, 0.6) is 0 Å². The lowest BCUT2D eigenvalue weighted by Gasteiger charge is -2.09. The molecular weight excluding hydrogens is 277 g/mol. The first-order valence-electron chi connectivity index (χ1n) is 5.76. The molecule has 0 saturated heterocycles. The summed E-state index contributed by atoms with van der Waals surface area (Å²) in [5, 5.41) is 22.5. The highest BCUT2D eigenvalue weighted by atomic mass is 19.1. The van der Waals surface area contributed by atoms with Crippen molar-refractivity contribution in [3.05, 3.63) is 57.9 Å². The van der Waals surface area contributed by atoms with E-state index in [-0.39, 0.29) is 11.3 Å². The monoisotopic (exact) mass is 287 g/mol. The summed E-state index contributed by atoms with van der Waals surface area (Å²) in [5.74, 6) is 4.62. The van der Waals surface area contributed by atoms with Gasteiger partial charge in [-0.25, -0.2) is 4.39 Å². The standard InChI is InChI=1S/C13H10FN5O2/c14-13-2-1-9(3-8(13)7-15)17-10-4-11(18-16)6-12(5-10)19(20)21/h1-6,17-18H,16H2. The number of hydrogen-bond acceptors (Lipinski definition) is 6. The van der Waals surface area contributed by atoms with Crippen LogP contribution in [0.25, 0.3) is 0 Å². The number of nitrogens with zero attached hydrogens (tertiary/aromatic N) is 2. The summed E-state index contributed by atoms with van der Waals surface area (Å²) in [5.41, 5.74) is 3.20. The largest absolute Gasteiger partial charge is 0.355 e. The summed E-state index contributed by atoms with van der Waals surface area (Å²) in [6, 6.07) is 9.71.